The van der Waals surface area contributed by atoms with Crippen molar-refractivity contribution in [2.75, 3.05) is 43.3 Å². The van der Waals surface area contributed by atoms with Gasteiger partial charge in [-0.25, -0.2) is 4.79 Å². The Morgan fingerprint density at radius 2 is 0.867 bits per heavy atom. The van der Waals surface area contributed by atoms with E-state index in [1.54, 1.807) is 42.5 Å². The van der Waals surface area contributed by atoms with Gasteiger partial charge in [-0.1, -0.05) is 153 Å². The lowest BCUT2D eigenvalue weighted by atomic mass is 9.86. The number of amides is 3. The molecule has 0 aromatic heterocycles. The molecule has 0 radical (unpaired) electrons. The number of carbonyl (C=O) groups is 4. The van der Waals surface area contributed by atoms with Crippen molar-refractivity contribution in [3.8, 4) is 11.5 Å². The summed E-state index contributed by atoms with van der Waals surface area (Å²) in [5, 5.41) is 8.51. The summed E-state index contributed by atoms with van der Waals surface area (Å²) in [5.74, 6) is 0.914. The normalized spacial score (nSPS) is 14.6. The molecule has 2 aliphatic carbocycles. The molecule has 0 heterocycles. The smallest absolute Gasteiger partial charge is 0.337 e. The molecule has 83 heavy (non-hydrogen) atoms. The van der Waals surface area contributed by atoms with E-state index < -0.39 is 27.7 Å². The number of methoxy groups -OCH3 is 1. The molecule has 4 N–H and O–H groups in total. The number of hydrogen-bond donors (Lipinski definition) is 4. The van der Waals surface area contributed by atoms with E-state index in [1.165, 1.54) is 76.9 Å². The molecule has 2 saturated carbocycles. The van der Waals surface area contributed by atoms with Crippen molar-refractivity contribution in [3.05, 3.63) is 190 Å². The Kier molecular flexibility index (Phi) is 22.3. The van der Waals surface area contributed by atoms with Crippen LogP contribution in [0.15, 0.2) is 146 Å². The van der Waals surface area contributed by atoms with Crippen LogP contribution in [0.4, 0.5) is 11.4 Å². The molecule has 0 bridgehead atoms. The lowest BCUT2D eigenvalue weighted by Gasteiger charge is -2.21. The van der Waals surface area contributed by atoms with Crippen molar-refractivity contribution in [1.82, 2.24) is 5.32 Å². The molecule has 14 heteroatoms. The van der Waals surface area contributed by atoms with Crippen LogP contribution in [-0.2, 0) is 35.3 Å². The van der Waals surface area contributed by atoms with Crippen molar-refractivity contribution in [1.29, 1.82) is 0 Å². The van der Waals surface area contributed by atoms with Crippen LogP contribution in [0.5, 0.6) is 11.5 Å². The quantitative estimate of drug-likeness (QED) is 0.0263. The summed E-state index contributed by atoms with van der Waals surface area (Å²) >= 11 is 0. The Morgan fingerprint density at radius 1 is 0.506 bits per heavy atom. The number of anilines is 2. The third-order valence-electron chi connectivity index (χ3n) is 15.0. The first-order valence-corrected chi connectivity index (χ1v) is 30.5. The Hall–Kier alpha value is -7.81. The van der Waals surface area contributed by atoms with E-state index in [4.69, 9.17) is 18.8 Å². The van der Waals surface area contributed by atoms with Gasteiger partial charge in [-0.15, -0.1) is 0 Å². The molecule has 438 valence electrons. The molecule has 2 aliphatic rings. The average Bonchev–Trinajstić information content (AvgIpc) is 3.53. The van der Waals surface area contributed by atoms with Gasteiger partial charge in [-0.3, -0.25) is 18.9 Å². The highest BCUT2D eigenvalue weighted by atomic mass is 32.2. The zero-order valence-corrected chi connectivity index (χ0v) is 49.9. The first kappa shape index (κ1) is 62.8. The lowest BCUT2D eigenvalue weighted by molar-refractivity contribution is -0.111. The molecule has 0 unspecified atom stereocenters. The van der Waals surface area contributed by atoms with Crippen LogP contribution in [0.3, 0.4) is 0 Å². The van der Waals surface area contributed by atoms with Crippen LogP contribution in [0, 0.1) is 11.8 Å². The van der Waals surface area contributed by atoms with Crippen LogP contribution in [0.1, 0.15) is 160 Å². The topological polar surface area (TPSA) is 186 Å². The first-order valence-electron chi connectivity index (χ1n) is 28.9. The number of ether oxygens (including phenoxy) is 3. The van der Waals surface area contributed by atoms with E-state index in [1.807, 2.05) is 103 Å². The van der Waals surface area contributed by atoms with E-state index in [-0.39, 0.29) is 29.2 Å². The van der Waals surface area contributed by atoms with Gasteiger partial charge in [0.05, 0.1) is 31.6 Å². The number of hydrogen-bond acceptors (Lipinski definition) is 9. The summed E-state index contributed by atoms with van der Waals surface area (Å²) in [6.45, 7) is 14.1. The van der Waals surface area contributed by atoms with Crippen molar-refractivity contribution < 1.29 is 46.4 Å². The number of rotatable bonds is 19. The van der Waals surface area contributed by atoms with E-state index in [9.17, 15) is 27.6 Å². The third kappa shape index (κ3) is 20.0. The molecule has 6 aromatic carbocycles. The number of nitrogens with one attached hydrogen (secondary N) is 3. The van der Waals surface area contributed by atoms with Gasteiger partial charge < -0.3 is 30.2 Å². The molecular formula is C69H81N3O10S. The average molecular weight is 1140 g/mol. The molecule has 0 spiro atoms. The summed E-state index contributed by atoms with van der Waals surface area (Å²) in [7, 11) is -2.81. The zero-order valence-electron chi connectivity index (χ0n) is 49.1. The summed E-state index contributed by atoms with van der Waals surface area (Å²) in [5.41, 5.74) is 8.48. The summed E-state index contributed by atoms with van der Waals surface area (Å²) in [4.78, 5) is 51.4. The van der Waals surface area contributed by atoms with Gasteiger partial charge >= 0.3 is 5.97 Å². The van der Waals surface area contributed by atoms with Gasteiger partial charge in [0.2, 0.25) is 0 Å². The van der Waals surface area contributed by atoms with Crippen LogP contribution >= 0.6 is 0 Å². The molecule has 3 amide bonds. The summed E-state index contributed by atoms with van der Waals surface area (Å²) in [6.07, 6.45) is 16.3. The van der Waals surface area contributed by atoms with Gasteiger partial charge in [-0.05, 0) is 167 Å². The van der Waals surface area contributed by atoms with E-state index >= 15 is 0 Å². The van der Waals surface area contributed by atoms with Crippen LogP contribution in [-0.4, -0.2) is 69.3 Å². The number of esters is 1. The standard InChI is InChI=1S/C35H42N2O6S.C34H39NO4/c1-35(2,3)29-15-13-27(14-16-29)32(23-25-9-11-28(12-10-25)33(38)36-21-22-44(40,41)42)34(39)37-30-17-19-31(20-18-30)43-24-26-7-5-4-6-8-26;1-34(2,3)28-16-14-26(15-17-28)31(22-24-10-12-27(13-11-24)33(37)38-4)32(36)35-29-18-20-30(21-19-29)39-23-25-8-6-5-7-9-25/h9-20,23,26H,4-8,21-22,24H2,1-3H3,(H,36,38)(H,37,39)(H,40,41,42);10-22,25H,5-9,23H2,1-4H3,(H,35,36)/b32-23+;31-22+. The molecule has 0 saturated heterocycles. The van der Waals surface area contributed by atoms with E-state index in [2.05, 4.69) is 69.6 Å². The Labute approximate surface area is 491 Å². The molecule has 2 fully saturated rings. The van der Waals surface area contributed by atoms with E-state index in [0.717, 1.165) is 40.4 Å². The second kappa shape index (κ2) is 29.4. The van der Waals surface area contributed by atoms with Crippen molar-refractivity contribution >= 4 is 68.5 Å². The van der Waals surface area contributed by atoms with Crippen LogP contribution in [0.2, 0.25) is 0 Å². The monoisotopic (exact) mass is 1140 g/mol. The second-order valence-corrected chi connectivity index (χ2v) is 25.2. The number of benzene rings is 6. The van der Waals surface area contributed by atoms with E-state index in [0.29, 0.717) is 57.7 Å². The largest absolute Gasteiger partial charge is 0.493 e. The molecule has 8 rings (SSSR count). The van der Waals surface area contributed by atoms with Gasteiger partial charge in [0, 0.05) is 34.6 Å². The maximum absolute atomic E-state index is 13.6. The molecule has 6 aromatic rings. The Balaban J connectivity index is 0.000000240. The van der Waals surface area contributed by atoms with Gasteiger partial charge in [0.1, 0.15) is 11.5 Å². The highest BCUT2D eigenvalue weighted by Crippen LogP contribution is 2.31. The predicted octanol–water partition coefficient (Wildman–Crippen LogP) is 14.6. The predicted molar refractivity (Wildman–Crippen MR) is 333 cm³/mol. The van der Waals surface area contributed by atoms with Crippen molar-refractivity contribution in [3.63, 3.8) is 0 Å². The summed E-state index contributed by atoms with van der Waals surface area (Å²) < 4.78 is 47.5. The van der Waals surface area contributed by atoms with Crippen molar-refractivity contribution in [2.24, 2.45) is 11.8 Å². The maximum atomic E-state index is 13.6. The minimum absolute atomic E-state index is 0.00911. The zero-order chi connectivity index (χ0) is 59.6. The highest BCUT2D eigenvalue weighted by Gasteiger charge is 2.21. The molecular weight excluding hydrogens is 1060 g/mol. The lowest BCUT2D eigenvalue weighted by Crippen LogP contribution is -2.28. The van der Waals surface area contributed by atoms with Crippen LogP contribution in [0.25, 0.3) is 23.3 Å². The van der Waals surface area contributed by atoms with Gasteiger partial charge in [0.25, 0.3) is 27.8 Å². The van der Waals surface area contributed by atoms with Crippen LogP contribution < -0.4 is 25.4 Å². The molecule has 0 atom stereocenters. The summed E-state index contributed by atoms with van der Waals surface area (Å²) in [6, 6.07) is 44.6. The Morgan fingerprint density at radius 3 is 1.22 bits per heavy atom. The highest BCUT2D eigenvalue weighted by molar-refractivity contribution is 7.85. The van der Waals surface area contributed by atoms with Gasteiger partial charge in [0.15, 0.2) is 0 Å². The fourth-order valence-corrected chi connectivity index (χ4v) is 10.3. The van der Waals surface area contributed by atoms with Gasteiger partial charge in [-0.2, -0.15) is 8.42 Å². The minimum Gasteiger partial charge on any atom is -0.493 e. The van der Waals surface area contributed by atoms with Crippen molar-refractivity contribution in [2.45, 2.75) is 117 Å². The molecule has 0 aliphatic heterocycles. The second-order valence-electron chi connectivity index (χ2n) is 23.6. The Bertz CT molecular complexity index is 3270. The third-order valence-corrected chi connectivity index (χ3v) is 15.8. The SMILES string of the molecule is CC(C)(C)c1ccc(/C(=C\c2ccc(C(=O)NCCS(=O)(=O)O)cc2)C(=O)Nc2ccc(OCC3CCCCC3)cc2)cc1.COC(=O)c1ccc(/C=C(/C(=O)Nc2ccc(OCC3CCCCC3)cc2)c2ccc(C(C)(C)C)cc2)cc1. The fraction of sp³-hybridized carbons (Fsp3) is 0.362. The fourth-order valence-electron chi connectivity index (χ4n) is 9.95. The first-order chi connectivity index (χ1) is 39.6. The molecule has 13 nitrogen and oxygen atoms in total. The maximum Gasteiger partial charge on any atom is 0.337 e. The minimum atomic E-state index is -4.17. The number of carbonyl (C=O) groups excluding carboxylic acids is 4.